The Morgan fingerprint density at radius 2 is 2.06 bits per heavy atom. The summed E-state index contributed by atoms with van der Waals surface area (Å²) in [5.41, 5.74) is 11.1. The summed E-state index contributed by atoms with van der Waals surface area (Å²) >= 11 is 0. The van der Waals surface area contributed by atoms with Gasteiger partial charge in [-0.15, -0.1) is 0 Å². The number of nitrogens with two attached hydrogens (primary N) is 1. The molecule has 3 heteroatoms. The largest absolute Gasteiger partial charge is 0.399 e. The van der Waals surface area contributed by atoms with E-state index in [2.05, 4.69) is 29.9 Å². The van der Waals surface area contributed by atoms with Crippen LogP contribution in [0.3, 0.4) is 0 Å². The molecular formula is C13H17N3. The molecule has 3 nitrogen and oxygen atoms in total. The fourth-order valence-electron chi connectivity index (χ4n) is 1.80. The number of hydrogen-bond donors (Lipinski definition) is 2. The number of aromatic nitrogens is 2. The molecule has 1 aromatic heterocycles. The van der Waals surface area contributed by atoms with Crippen LogP contribution in [0.15, 0.2) is 18.2 Å². The summed E-state index contributed by atoms with van der Waals surface area (Å²) in [6.07, 6.45) is 0.955. The van der Waals surface area contributed by atoms with Crippen LogP contribution in [0, 0.1) is 13.8 Å². The van der Waals surface area contributed by atoms with Crippen LogP contribution in [0.5, 0.6) is 0 Å². The minimum Gasteiger partial charge on any atom is -0.399 e. The number of benzene rings is 1. The van der Waals surface area contributed by atoms with Gasteiger partial charge in [0.1, 0.15) is 5.82 Å². The van der Waals surface area contributed by atoms with Crippen molar-refractivity contribution in [2.24, 2.45) is 0 Å². The van der Waals surface area contributed by atoms with Gasteiger partial charge >= 0.3 is 0 Å². The summed E-state index contributed by atoms with van der Waals surface area (Å²) in [4.78, 5) is 7.88. The number of H-pyrrole nitrogens is 1. The molecule has 84 valence electrons. The number of hydrogen-bond acceptors (Lipinski definition) is 2. The molecule has 16 heavy (non-hydrogen) atoms. The molecule has 0 aliphatic rings. The van der Waals surface area contributed by atoms with Crippen LogP contribution < -0.4 is 5.73 Å². The standard InChI is InChI=1S/C13H17N3/c1-4-12-9(3)15-13(16-12)10-5-6-11(14)8(2)7-10/h5-7H,4,14H2,1-3H3,(H,15,16). The Labute approximate surface area is 95.7 Å². The monoisotopic (exact) mass is 215 g/mol. The van der Waals surface area contributed by atoms with Gasteiger partial charge in [0.05, 0.1) is 5.69 Å². The van der Waals surface area contributed by atoms with Crippen molar-refractivity contribution in [2.45, 2.75) is 27.2 Å². The Kier molecular flexibility index (Phi) is 2.69. The molecule has 0 aliphatic heterocycles. The van der Waals surface area contributed by atoms with Gasteiger partial charge in [-0.2, -0.15) is 0 Å². The average molecular weight is 215 g/mol. The van der Waals surface area contributed by atoms with Gasteiger partial charge < -0.3 is 10.7 Å². The van der Waals surface area contributed by atoms with Crippen LogP contribution in [0.2, 0.25) is 0 Å². The van der Waals surface area contributed by atoms with Gasteiger partial charge in [-0.3, -0.25) is 0 Å². The average Bonchev–Trinajstić information content (AvgIpc) is 2.64. The van der Waals surface area contributed by atoms with Crippen LogP contribution in [-0.2, 0) is 6.42 Å². The fourth-order valence-corrected chi connectivity index (χ4v) is 1.80. The van der Waals surface area contributed by atoms with E-state index in [9.17, 15) is 0 Å². The third-order valence-corrected chi connectivity index (χ3v) is 2.86. The molecule has 0 bridgehead atoms. The molecule has 0 aliphatic carbocycles. The third kappa shape index (κ3) is 1.81. The highest BCUT2D eigenvalue weighted by Gasteiger charge is 2.07. The molecule has 1 heterocycles. The molecule has 0 radical (unpaired) electrons. The van der Waals surface area contributed by atoms with E-state index < -0.39 is 0 Å². The quantitative estimate of drug-likeness (QED) is 0.757. The molecule has 2 aromatic rings. The molecule has 2 rings (SSSR count). The molecular weight excluding hydrogens is 198 g/mol. The number of imidazole rings is 1. The van der Waals surface area contributed by atoms with Crippen LogP contribution in [-0.4, -0.2) is 9.97 Å². The van der Waals surface area contributed by atoms with Crippen LogP contribution in [0.4, 0.5) is 5.69 Å². The maximum atomic E-state index is 5.80. The molecule has 0 atom stereocenters. The van der Waals surface area contributed by atoms with E-state index in [1.165, 1.54) is 0 Å². The summed E-state index contributed by atoms with van der Waals surface area (Å²) in [5, 5.41) is 0. The molecule has 0 saturated heterocycles. The lowest BCUT2D eigenvalue weighted by molar-refractivity contribution is 1.04. The zero-order chi connectivity index (χ0) is 11.7. The van der Waals surface area contributed by atoms with Gasteiger partial charge in [0.15, 0.2) is 0 Å². The Morgan fingerprint density at radius 3 is 2.62 bits per heavy atom. The van der Waals surface area contributed by atoms with Crippen molar-refractivity contribution < 1.29 is 0 Å². The van der Waals surface area contributed by atoms with Gasteiger partial charge in [-0.25, -0.2) is 4.98 Å². The van der Waals surface area contributed by atoms with E-state index in [4.69, 9.17) is 5.73 Å². The minimum absolute atomic E-state index is 0.822. The first kappa shape index (κ1) is 10.7. The lowest BCUT2D eigenvalue weighted by Crippen LogP contribution is -1.90. The van der Waals surface area contributed by atoms with Gasteiger partial charge in [-0.05, 0) is 44.0 Å². The molecule has 0 amide bonds. The van der Waals surface area contributed by atoms with E-state index in [0.717, 1.165) is 40.4 Å². The van der Waals surface area contributed by atoms with Gasteiger partial charge in [0.25, 0.3) is 0 Å². The molecule has 0 saturated carbocycles. The second-order valence-corrected chi connectivity index (χ2v) is 4.08. The molecule has 1 aromatic carbocycles. The third-order valence-electron chi connectivity index (χ3n) is 2.86. The number of nitrogen functional groups attached to an aromatic ring is 1. The summed E-state index contributed by atoms with van der Waals surface area (Å²) < 4.78 is 0. The summed E-state index contributed by atoms with van der Waals surface area (Å²) in [5.74, 6) is 0.928. The highest BCUT2D eigenvalue weighted by molar-refractivity contribution is 5.62. The van der Waals surface area contributed by atoms with Crippen molar-refractivity contribution in [3.05, 3.63) is 35.2 Å². The molecule has 0 spiro atoms. The van der Waals surface area contributed by atoms with Gasteiger partial charge in [0, 0.05) is 16.9 Å². The van der Waals surface area contributed by atoms with Crippen molar-refractivity contribution in [3.8, 4) is 11.4 Å². The maximum absolute atomic E-state index is 5.80. The zero-order valence-corrected chi connectivity index (χ0v) is 9.96. The first-order valence-electron chi connectivity index (χ1n) is 5.53. The highest BCUT2D eigenvalue weighted by Crippen LogP contribution is 2.22. The number of nitrogens with zero attached hydrogens (tertiary/aromatic N) is 1. The summed E-state index contributed by atoms with van der Waals surface area (Å²) in [6.45, 7) is 6.18. The number of nitrogens with one attached hydrogen (secondary N) is 1. The van der Waals surface area contributed by atoms with Crippen molar-refractivity contribution >= 4 is 5.69 Å². The number of rotatable bonds is 2. The van der Waals surface area contributed by atoms with E-state index >= 15 is 0 Å². The minimum atomic E-state index is 0.822. The second-order valence-electron chi connectivity index (χ2n) is 4.08. The molecule has 0 unspecified atom stereocenters. The molecule has 3 N–H and O–H groups in total. The van der Waals surface area contributed by atoms with Crippen molar-refractivity contribution in [1.29, 1.82) is 0 Å². The van der Waals surface area contributed by atoms with Crippen molar-refractivity contribution in [1.82, 2.24) is 9.97 Å². The smallest absolute Gasteiger partial charge is 0.137 e. The van der Waals surface area contributed by atoms with E-state index in [0.29, 0.717) is 0 Å². The van der Waals surface area contributed by atoms with E-state index in [1.54, 1.807) is 0 Å². The zero-order valence-electron chi connectivity index (χ0n) is 9.96. The summed E-state index contributed by atoms with van der Waals surface area (Å²) in [6, 6.07) is 5.99. The number of aromatic amines is 1. The number of aryl methyl sites for hydroxylation is 3. The Bertz CT molecular complexity index is 512. The lowest BCUT2D eigenvalue weighted by Gasteiger charge is -2.02. The Morgan fingerprint density at radius 1 is 1.31 bits per heavy atom. The Balaban J connectivity index is 2.46. The lowest BCUT2D eigenvalue weighted by atomic mass is 10.1. The fraction of sp³-hybridized carbons (Fsp3) is 0.308. The van der Waals surface area contributed by atoms with Crippen LogP contribution in [0.1, 0.15) is 23.9 Å². The van der Waals surface area contributed by atoms with Crippen molar-refractivity contribution in [3.63, 3.8) is 0 Å². The van der Waals surface area contributed by atoms with Gasteiger partial charge in [-0.1, -0.05) is 6.92 Å². The van der Waals surface area contributed by atoms with Crippen molar-refractivity contribution in [2.75, 3.05) is 5.73 Å². The van der Waals surface area contributed by atoms with E-state index in [1.807, 2.05) is 19.1 Å². The molecule has 0 fully saturated rings. The predicted octanol–water partition coefficient (Wildman–Crippen LogP) is 2.84. The normalized spacial score (nSPS) is 10.7. The SMILES string of the molecule is CCc1nc(-c2ccc(N)c(C)c2)[nH]c1C. The maximum Gasteiger partial charge on any atom is 0.137 e. The second kappa shape index (κ2) is 4.00. The number of anilines is 1. The highest BCUT2D eigenvalue weighted by atomic mass is 14.9. The predicted molar refractivity (Wildman–Crippen MR) is 67.3 cm³/mol. The summed E-state index contributed by atoms with van der Waals surface area (Å²) in [7, 11) is 0. The first-order valence-corrected chi connectivity index (χ1v) is 5.53. The van der Waals surface area contributed by atoms with Crippen LogP contribution >= 0.6 is 0 Å². The van der Waals surface area contributed by atoms with Gasteiger partial charge in [0.2, 0.25) is 0 Å². The van der Waals surface area contributed by atoms with E-state index in [-0.39, 0.29) is 0 Å². The first-order chi connectivity index (χ1) is 7.61. The topological polar surface area (TPSA) is 54.7 Å². The van der Waals surface area contributed by atoms with Crippen LogP contribution in [0.25, 0.3) is 11.4 Å². The Hall–Kier alpha value is -1.77.